The van der Waals surface area contributed by atoms with Crippen LogP contribution in [0.15, 0.2) is 11.4 Å². The number of rotatable bonds is 2. The van der Waals surface area contributed by atoms with Crippen molar-refractivity contribution in [3.05, 3.63) is 11.4 Å². The topological polar surface area (TPSA) is 37.3 Å². The molecule has 13 heavy (non-hydrogen) atoms. The van der Waals surface area contributed by atoms with Crippen LogP contribution in [0.5, 0.6) is 0 Å². The zero-order valence-corrected chi connectivity index (χ0v) is 8.39. The second kappa shape index (κ2) is 2.82. The monoisotopic (exact) mass is 186 g/mol. The Bertz CT molecular complexity index is 275. The summed E-state index contributed by atoms with van der Waals surface area (Å²) in [5.74, 6) is -2.12. The number of hydrogen-bond acceptors (Lipinski definition) is 1. The van der Waals surface area contributed by atoms with Gasteiger partial charge < -0.3 is 5.11 Å². The minimum Gasteiger partial charge on any atom is -0.481 e. The van der Waals surface area contributed by atoms with Crippen LogP contribution in [-0.2, 0) is 4.79 Å². The van der Waals surface area contributed by atoms with Crippen LogP contribution in [-0.4, -0.2) is 11.1 Å². The van der Waals surface area contributed by atoms with Crippen LogP contribution in [0.1, 0.15) is 27.7 Å². The number of halogens is 1. The van der Waals surface area contributed by atoms with Crippen molar-refractivity contribution in [3.63, 3.8) is 0 Å². The summed E-state index contributed by atoms with van der Waals surface area (Å²) in [5.41, 5.74) is 0.162. The van der Waals surface area contributed by atoms with Gasteiger partial charge in [0.25, 0.3) is 0 Å². The van der Waals surface area contributed by atoms with Crippen molar-refractivity contribution in [2.24, 2.45) is 17.3 Å². The van der Waals surface area contributed by atoms with Gasteiger partial charge in [0.1, 0.15) is 5.83 Å². The van der Waals surface area contributed by atoms with E-state index in [0.29, 0.717) is 5.57 Å². The Labute approximate surface area is 77.4 Å². The quantitative estimate of drug-likeness (QED) is 0.719. The second-order valence-electron chi connectivity index (χ2n) is 4.46. The lowest BCUT2D eigenvalue weighted by molar-refractivity contribution is -0.139. The normalized spacial score (nSPS) is 29.6. The predicted molar refractivity (Wildman–Crippen MR) is 47.9 cm³/mol. The molecular formula is C10H15FO2. The first-order valence-electron chi connectivity index (χ1n) is 4.35. The smallest absolute Gasteiger partial charge is 0.307 e. The predicted octanol–water partition coefficient (Wildman–Crippen LogP) is 2.61. The van der Waals surface area contributed by atoms with E-state index in [1.807, 2.05) is 0 Å². The molecule has 0 aromatic heterocycles. The van der Waals surface area contributed by atoms with Crippen LogP contribution in [0.25, 0.3) is 0 Å². The van der Waals surface area contributed by atoms with E-state index in [-0.39, 0.29) is 5.83 Å². The summed E-state index contributed by atoms with van der Waals surface area (Å²) in [5, 5.41) is 8.80. The third kappa shape index (κ3) is 1.47. The van der Waals surface area contributed by atoms with Crippen LogP contribution < -0.4 is 0 Å². The Kier molecular flexibility index (Phi) is 2.22. The van der Waals surface area contributed by atoms with E-state index in [2.05, 4.69) is 0 Å². The molecule has 1 saturated carbocycles. The van der Waals surface area contributed by atoms with E-state index >= 15 is 0 Å². The van der Waals surface area contributed by atoms with E-state index in [1.54, 1.807) is 27.7 Å². The highest BCUT2D eigenvalue weighted by molar-refractivity contribution is 5.76. The molecule has 2 unspecified atom stereocenters. The Hall–Kier alpha value is -0.860. The fraction of sp³-hybridized carbons (Fsp3) is 0.700. The van der Waals surface area contributed by atoms with Gasteiger partial charge in [-0.1, -0.05) is 13.8 Å². The Balaban J connectivity index is 2.89. The fourth-order valence-electron chi connectivity index (χ4n) is 1.88. The van der Waals surface area contributed by atoms with Gasteiger partial charge in [0.2, 0.25) is 0 Å². The van der Waals surface area contributed by atoms with E-state index in [4.69, 9.17) is 5.11 Å². The summed E-state index contributed by atoms with van der Waals surface area (Å²) in [6.07, 6.45) is 0. The highest BCUT2D eigenvalue weighted by Gasteiger charge is 2.64. The largest absolute Gasteiger partial charge is 0.481 e. The zero-order chi connectivity index (χ0) is 10.4. The Morgan fingerprint density at radius 2 is 1.77 bits per heavy atom. The van der Waals surface area contributed by atoms with Gasteiger partial charge in [0.15, 0.2) is 0 Å². The summed E-state index contributed by atoms with van der Waals surface area (Å²) in [4.78, 5) is 10.7. The average Bonchev–Trinajstić information content (AvgIpc) is 2.51. The highest BCUT2D eigenvalue weighted by atomic mass is 19.1. The first-order valence-corrected chi connectivity index (χ1v) is 4.35. The summed E-state index contributed by atoms with van der Waals surface area (Å²) < 4.78 is 13.4. The van der Waals surface area contributed by atoms with Crippen LogP contribution >= 0.6 is 0 Å². The molecule has 0 aromatic carbocycles. The average molecular weight is 186 g/mol. The minimum atomic E-state index is -0.897. The molecule has 0 radical (unpaired) electrons. The standard InChI is InChI=1S/C10H15FO2/c1-5(2)8(11)6-7(9(12)13)10(6,3)4/h6-7H,1-4H3,(H,12,13). The molecule has 0 aliphatic heterocycles. The maximum absolute atomic E-state index is 13.4. The number of hydrogen-bond donors (Lipinski definition) is 1. The molecule has 0 aromatic rings. The van der Waals surface area contributed by atoms with Gasteiger partial charge in [-0.15, -0.1) is 0 Å². The maximum atomic E-state index is 13.4. The summed E-state index contributed by atoms with van der Waals surface area (Å²) >= 11 is 0. The van der Waals surface area contributed by atoms with Crippen molar-refractivity contribution in [2.75, 3.05) is 0 Å². The molecule has 0 saturated heterocycles. The number of allylic oxidation sites excluding steroid dienone is 2. The first-order chi connectivity index (χ1) is 5.80. The van der Waals surface area contributed by atoms with E-state index in [9.17, 15) is 9.18 Å². The molecule has 2 nitrogen and oxygen atoms in total. The van der Waals surface area contributed by atoms with Crippen molar-refractivity contribution in [1.82, 2.24) is 0 Å². The number of carboxylic acids is 1. The molecule has 1 aliphatic carbocycles. The van der Waals surface area contributed by atoms with Crippen LogP contribution in [0.3, 0.4) is 0 Å². The van der Waals surface area contributed by atoms with Crippen molar-refractivity contribution in [3.8, 4) is 0 Å². The van der Waals surface area contributed by atoms with E-state index in [1.165, 1.54) is 0 Å². The van der Waals surface area contributed by atoms with Crippen molar-refractivity contribution >= 4 is 5.97 Å². The zero-order valence-electron chi connectivity index (χ0n) is 8.39. The molecule has 0 spiro atoms. The lowest BCUT2D eigenvalue weighted by atomic mass is 10.1. The van der Waals surface area contributed by atoms with Gasteiger partial charge in [-0.2, -0.15) is 0 Å². The van der Waals surface area contributed by atoms with Crippen molar-refractivity contribution in [1.29, 1.82) is 0 Å². The number of carbonyl (C=O) groups is 1. The summed E-state index contributed by atoms with van der Waals surface area (Å²) in [7, 11) is 0. The van der Waals surface area contributed by atoms with Crippen molar-refractivity contribution in [2.45, 2.75) is 27.7 Å². The molecule has 0 heterocycles. The van der Waals surface area contributed by atoms with Gasteiger partial charge in [-0.3, -0.25) is 4.79 Å². The van der Waals surface area contributed by atoms with E-state index < -0.39 is 23.2 Å². The second-order valence-corrected chi connectivity index (χ2v) is 4.46. The molecule has 74 valence electrons. The minimum absolute atomic E-state index is 0.252. The highest BCUT2D eigenvalue weighted by Crippen LogP contribution is 2.62. The Morgan fingerprint density at radius 3 is 2.00 bits per heavy atom. The SMILES string of the molecule is CC(C)=C(F)C1C(C(=O)O)C1(C)C. The third-order valence-electron chi connectivity index (χ3n) is 2.84. The molecule has 1 fully saturated rings. The first kappa shape index (κ1) is 10.2. The Morgan fingerprint density at radius 1 is 1.31 bits per heavy atom. The molecule has 1 rings (SSSR count). The molecule has 0 bridgehead atoms. The van der Waals surface area contributed by atoms with Crippen LogP contribution in [0.2, 0.25) is 0 Å². The third-order valence-corrected chi connectivity index (χ3v) is 2.84. The van der Waals surface area contributed by atoms with E-state index in [0.717, 1.165) is 0 Å². The van der Waals surface area contributed by atoms with Crippen LogP contribution in [0, 0.1) is 17.3 Å². The number of carboxylic acid groups (broad SMARTS) is 1. The van der Waals surface area contributed by atoms with Gasteiger partial charge in [-0.05, 0) is 24.8 Å². The van der Waals surface area contributed by atoms with Gasteiger partial charge in [0.05, 0.1) is 5.92 Å². The molecule has 0 amide bonds. The van der Waals surface area contributed by atoms with Gasteiger partial charge in [0, 0.05) is 5.92 Å². The molecular weight excluding hydrogens is 171 g/mol. The van der Waals surface area contributed by atoms with Crippen LogP contribution in [0.4, 0.5) is 4.39 Å². The van der Waals surface area contributed by atoms with Gasteiger partial charge >= 0.3 is 5.97 Å². The van der Waals surface area contributed by atoms with Gasteiger partial charge in [-0.25, -0.2) is 4.39 Å². The molecule has 1 N–H and O–H groups in total. The lowest BCUT2D eigenvalue weighted by Gasteiger charge is -2.00. The maximum Gasteiger partial charge on any atom is 0.307 e. The van der Waals surface area contributed by atoms with Crippen molar-refractivity contribution < 1.29 is 14.3 Å². The summed E-state index contributed by atoms with van der Waals surface area (Å²) in [6, 6.07) is 0. The number of aliphatic carboxylic acids is 1. The lowest BCUT2D eigenvalue weighted by Crippen LogP contribution is -2.03. The fourth-order valence-corrected chi connectivity index (χ4v) is 1.88. The molecule has 2 atom stereocenters. The summed E-state index contributed by atoms with van der Waals surface area (Å²) in [6.45, 7) is 6.92. The molecule has 1 aliphatic rings. The molecule has 3 heteroatoms.